The van der Waals surface area contributed by atoms with Gasteiger partial charge >= 0.3 is 0 Å². The van der Waals surface area contributed by atoms with E-state index in [1.807, 2.05) is 47.8 Å². The third-order valence-electron chi connectivity index (χ3n) is 4.10. The zero-order valence-electron chi connectivity index (χ0n) is 15.5. The predicted octanol–water partition coefficient (Wildman–Crippen LogP) is 4.38. The number of carbonyl (C=O) groups excluding carboxylic acids is 1. The Morgan fingerprint density at radius 3 is 2.59 bits per heavy atom. The van der Waals surface area contributed by atoms with Gasteiger partial charge in [-0.05, 0) is 29.7 Å². The van der Waals surface area contributed by atoms with Gasteiger partial charge < -0.3 is 10.1 Å². The number of aryl methyl sites for hydroxylation is 1. The molecule has 5 heteroatoms. The second-order valence-electron chi connectivity index (χ2n) is 6.35. The highest BCUT2D eigenvalue weighted by molar-refractivity contribution is 7.09. The van der Waals surface area contributed by atoms with Crippen molar-refractivity contribution in [1.82, 2.24) is 10.3 Å². The standard InChI is InChI=1S/C22H24N2O2S/c1-2-6-17-9-11-20(12-10-17)26-15-21(25)23-14-19-16-27-22(24-19)13-18-7-4-3-5-8-18/h3-5,7-12,16H,2,6,13-15H2,1H3,(H,23,25). The lowest BCUT2D eigenvalue weighted by atomic mass is 10.1. The Balaban J connectivity index is 1.41. The van der Waals surface area contributed by atoms with Crippen LogP contribution in [0.25, 0.3) is 0 Å². The van der Waals surface area contributed by atoms with Crippen molar-refractivity contribution in [2.45, 2.75) is 32.7 Å². The number of thiazole rings is 1. The van der Waals surface area contributed by atoms with Crippen LogP contribution in [0.3, 0.4) is 0 Å². The van der Waals surface area contributed by atoms with Crippen LogP contribution in [0.5, 0.6) is 5.75 Å². The summed E-state index contributed by atoms with van der Waals surface area (Å²) in [5.74, 6) is 0.564. The van der Waals surface area contributed by atoms with Gasteiger partial charge in [0.1, 0.15) is 5.75 Å². The lowest BCUT2D eigenvalue weighted by Crippen LogP contribution is -2.28. The molecule has 1 aromatic heterocycles. The maximum absolute atomic E-state index is 12.0. The second kappa shape index (κ2) is 9.88. The van der Waals surface area contributed by atoms with E-state index in [-0.39, 0.29) is 12.5 Å². The molecule has 0 bridgehead atoms. The number of amides is 1. The topological polar surface area (TPSA) is 51.2 Å². The molecular weight excluding hydrogens is 356 g/mol. The zero-order valence-corrected chi connectivity index (χ0v) is 16.3. The molecular formula is C22H24N2O2S. The van der Waals surface area contributed by atoms with Gasteiger partial charge in [-0.15, -0.1) is 11.3 Å². The van der Waals surface area contributed by atoms with Gasteiger partial charge in [0.05, 0.1) is 17.2 Å². The van der Waals surface area contributed by atoms with Crippen molar-refractivity contribution in [3.8, 4) is 5.75 Å². The van der Waals surface area contributed by atoms with Crippen LogP contribution in [0.1, 0.15) is 35.2 Å². The van der Waals surface area contributed by atoms with E-state index in [4.69, 9.17) is 4.74 Å². The Morgan fingerprint density at radius 2 is 1.85 bits per heavy atom. The van der Waals surface area contributed by atoms with Gasteiger partial charge in [-0.2, -0.15) is 0 Å². The molecule has 0 spiro atoms. The molecule has 27 heavy (non-hydrogen) atoms. The highest BCUT2D eigenvalue weighted by Crippen LogP contribution is 2.15. The number of aromatic nitrogens is 1. The summed E-state index contributed by atoms with van der Waals surface area (Å²) in [6, 6.07) is 18.2. The minimum atomic E-state index is -0.148. The van der Waals surface area contributed by atoms with E-state index in [9.17, 15) is 4.79 Å². The van der Waals surface area contributed by atoms with Gasteiger partial charge in [-0.3, -0.25) is 4.79 Å². The SMILES string of the molecule is CCCc1ccc(OCC(=O)NCc2csc(Cc3ccccc3)n2)cc1. The highest BCUT2D eigenvalue weighted by atomic mass is 32.1. The maximum Gasteiger partial charge on any atom is 0.258 e. The largest absolute Gasteiger partial charge is 0.484 e. The van der Waals surface area contributed by atoms with Crippen molar-refractivity contribution in [3.05, 3.63) is 81.8 Å². The summed E-state index contributed by atoms with van der Waals surface area (Å²) < 4.78 is 5.54. The second-order valence-corrected chi connectivity index (χ2v) is 7.30. The van der Waals surface area contributed by atoms with Gasteiger partial charge in [0.15, 0.2) is 6.61 Å². The zero-order chi connectivity index (χ0) is 18.9. The first kappa shape index (κ1) is 19.1. The van der Waals surface area contributed by atoms with Gasteiger partial charge in [0, 0.05) is 11.8 Å². The summed E-state index contributed by atoms with van der Waals surface area (Å²) in [5.41, 5.74) is 3.40. The van der Waals surface area contributed by atoms with Crippen LogP contribution in [0.2, 0.25) is 0 Å². The normalized spacial score (nSPS) is 10.6. The number of benzene rings is 2. The number of nitrogens with zero attached hydrogens (tertiary/aromatic N) is 1. The van der Waals surface area contributed by atoms with E-state index < -0.39 is 0 Å². The fraction of sp³-hybridized carbons (Fsp3) is 0.273. The van der Waals surface area contributed by atoms with Crippen molar-refractivity contribution in [2.24, 2.45) is 0 Å². The Kier molecular flexibility index (Phi) is 6.99. The quantitative estimate of drug-likeness (QED) is 0.599. The first-order valence-corrected chi connectivity index (χ1v) is 10.1. The number of ether oxygens (including phenoxy) is 1. The maximum atomic E-state index is 12.0. The van der Waals surface area contributed by atoms with E-state index >= 15 is 0 Å². The molecule has 1 amide bonds. The molecule has 140 valence electrons. The van der Waals surface area contributed by atoms with Crippen LogP contribution in [0, 0.1) is 0 Å². The van der Waals surface area contributed by atoms with Gasteiger partial charge in [0.25, 0.3) is 5.91 Å². The van der Waals surface area contributed by atoms with Crippen LogP contribution in [0.15, 0.2) is 60.0 Å². The molecule has 0 saturated carbocycles. The first-order valence-electron chi connectivity index (χ1n) is 9.18. The van der Waals surface area contributed by atoms with Crippen molar-refractivity contribution in [1.29, 1.82) is 0 Å². The molecule has 0 radical (unpaired) electrons. The average molecular weight is 381 g/mol. The summed E-state index contributed by atoms with van der Waals surface area (Å²) >= 11 is 1.62. The molecule has 0 aliphatic carbocycles. The molecule has 2 aromatic carbocycles. The molecule has 3 aromatic rings. The molecule has 0 atom stereocenters. The number of carbonyl (C=O) groups is 1. The van der Waals surface area contributed by atoms with Crippen molar-refractivity contribution in [3.63, 3.8) is 0 Å². The summed E-state index contributed by atoms with van der Waals surface area (Å²) in [5, 5.41) is 5.90. The molecule has 0 unspecified atom stereocenters. The lowest BCUT2D eigenvalue weighted by Gasteiger charge is -2.07. The molecule has 1 heterocycles. The van der Waals surface area contributed by atoms with Crippen LogP contribution in [0.4, 0.5) is 0 Å². The fourth-order valence-electron chi connectivity index (χ4n) is 2.71. The van der Waals surface area contributed by atoms with E-state index in [1.54, 1.807) is 11.3 Å². The molecule has 4 nitrogen and oxygen atoms in total. The van der Waals surface area contributed by atoms with E-state index in [2.05, 4.69) is 29.4 Å². The number of rotatable bonds is 9. The summed E-state index contributed by atoms with van der Waals surface area (Å²) in [6.07, 6.45) is 2.99. The molecule has 3 rings (SSSR count). The molecule has 0 aliphatic heterocycles. The lowest BCUT2D eigenvalue weighted by molar-refractivity contribution is -0.123. The van der Waals surface area contributed by atoms with E-state index in [0.29, 0.717) is 12.3 Å². The molecule has 0 fully saturated rings. The number of hydrogen-bond acceptors (Lipinski definition) is 4. The summed E-state index contributed by atoms with van der Waals surface area (Å²) in [7, 11) is 0. The van der Waals surface area contributed by atoms with Crippen molar-refractivity contribution >= 4 is 17.2 Å². The van der Waals surface area contributed by atoms with Crippen molar-refractivity contribution < 1.29 is 9.53 Å². The third-order valence-corrected chi connectivity index (χ3v) is 4.99. The minimum Gasteiger partial charge on any atom is -0.484 e. The van der Waals surface area contributed by atoms with Crippen LogP contribution in [-0.4, -0.2) is 17.5 Å². The van der Waals surface area contributed by atoms with Gasteiger partial charge in [-0.25, -0.2) is 4.98 Å². The smallest absolute Gasteiger partial charge is 0.258 e. The molecule has 1 N–H and O–H groups in total. The monoisotopic (exact) mass is 380 g/mol. The van der Waals surface area contributed by atoms with E-state index in [0.717, 1.165) is 30.0 Å². The van der Waals surface area contributed by atoms with Crippen LogP contribution >= 0.6 is 11.3 Å². The van der Waals surface area contributed by atoms with Gasteiger partial charge in [-0.1, -0.05) is 55.8 Å². The summed E-state index contributed by atoms with van der Waals surface area (Å²) in [6.45, 7) is 2.58. The van der Waals surface area contributed by atoms with Crippen molar-refractivity contribution in [2.75, 3.05) is 6.61 Å². The Morgan fingerprint density at radius 1 is 1.07 bits per heavy atom. The fourth-order valence-corrected chi connectivity index (χ4v) is 3.54. The average Bonchev–Trinajstić information content (AvgIpc) is 3.14. The third kappa shape index (κ3) is 6.22. The Hall–Kier alpha value is -2.66. The Bertz CT molecular complexity index is 844. The molecule has 0 aliphatic rings. The predicted molar refractivity (Wildman–Crippen MR) is 109 cm³/mol. The van der Waals surface area contributed by atoms with E-state index in [1.165, 1.54) is 11.1 Å². The number of nitrogens with one attached hydrogen (secondary N) is 1. The van der Waals surface area contributed by atoms with Crippen LogP contribution < -0.4 is 10.1 Å². The number of hydrogen-bond donors (Lipinski definition) is 1. The molecule has 0 saturated heterocycles. The van der Waals surface area contributed by atoms with Crippen LogP contribution in [-0.2, 0) is 24.2 Å². The summed E-state index contributed by atoms with van der Waals surface area (Å²) in [4.78, 5) is 16.6. The van der Waals surface area contributed by atoms with Gasteiger partial charge in [0.2, 0.25) is 0 Å². The first-order chi connectivity index (χ1) is 13.2. The highest BCUT2D eigenvalue weighted by Gasteiger charge is 2.07. The Labute approximate surface area is 164 Å². The minimum absolute atomic E-state index is 0.00807.